The highest BCUT2D eigenvalue weighted by Gasteiger charge is 2.14. The number of aliphatic carboxylic acids is 2. The van der Waals surface area contributed by atoms with E-state index in [1.165, 1.54) is 6.92 Å². The molecule has 2 N–H and O–H groups in total. The SMILES string of the molecule is CC(COC(=O)CCC(=O)O)OC(=O)CCC(=O)O. The van der Waals surface area contributed by atoms with Gasteiger partial charge in [-0.1, -0.05) is 0 Å². The molecule has 0 aromatic rings. The van der Waals surface area contributed by atoms with Gasteiger partial charge in [-0.25, -0.2) is 0 Å². The second-order valence-corrected chi connectivity index (χ2v) is 3.77. The lowest BCUT2D eigenvalue weighted by Crippen LogP contribution is -2.22. The maximum Gasteiger partial charge on any atom is 0.306 e. The molecule has 0 saturated carbocycles. The van der Waals surface area contributed by atoms with Gasteiger partial charge < -0.3 is 19.7 Å². The second kappa shape index (κ2) is 8.90. The fraction of sp³-hybridized carbons (Fsp3) is 0.636. The number of carboxylic acid groups (broad SMARTS) is 2. The van der Waals surface area contributed by atoms with Crippen LogP contribution in [-0.2, 0) is 28.7 Å². The molecule has 19 heavy (non-hydrogen) atoms. The molecule has 8 nitrogen and oxygen atoms in total. The molecule has 108 valence electrons. The summed E-state index contributed by atoms with van der Waals surface area (Å²) in [4.78, 5) is 42.6. The van der Waals surface area contributed by atoms with Crippen LogP contribution in [-0.4, -0.2) is 46.8 Å². The van der Waals surface area contributed by atoms with Gasteiger partial charge in [0.2, 0.25) is 0 Å². The molecule has 0 aromatic carbocycles. The van der Waals surface area contributed by atoms with Gasteiger partial charge >= 0.3 is 23.9 Å². The summed E-state index contributed by atoms with van der Waals surface area (Å²) in [6.45, 7) is 1.28. The third kappa shape index (κ3) is 10.7. The smallest absolute Gasteiger partial charge is 0.306 e. The number of hydrogen-bond donors (Lipinski definition) is 2. The number of ether oxygens (including phenoxy) is 2. The monoisotopic (exact) mass is 276 g/mol. The van der Waals surface area contributed by atoms with Gasteiger partial charge in [0.15, 0.2) is 0 Å². The normalized spacial score (nSPS) is 11.4. The Bertz CT molecular complexity index is 349. The van der Waals surface area contributed by atoms with E-state index in [9.17, 15) is 19.2 Å². The van der Waals surface area contributed by atoms with Crippen molar-refractivity contribution in [3.8, 4) is 0 Å². The lowest BCUT2D eigenvalue weighted by molar-refractivity contribution is -0.159. The molecule has 0 aliphatic heterocycles. The molecule has 0 aliphatic rings. The Morgan fingerprint density at radius 3 is 1.84 bits per heavy atom. The Labute approximate surface area is 109 Å². The van der Waals surface area contributed by atoms with Crippen molar-refractivity contribution in [1.29, 1.82) is 0 Å². The van der Waals surface area contributed by atoms with Gasteiger partial charge in [-0.2, -0.15) is 0 Å². The van der Waals surface area contributed by atoms with Crippen LogP contribution in [0.3, 0.4) is 0 Å². The minimum absolute atomic E-state index is 0.197. The van der Waals surface area contributed by atoms with E-state index in [-0.39, 0.29) is 32.3 Å². The molecule has 0 spiro atoms. The first kappa shape index (κ1) is 16.9. The van der Waals surface area contributed by atoms with Gasteiger partial charge in [0.1, 0.15) is 12.7 Å². The average molecular weight is 276 g/mol. The number of hydrogen-bond acceptors (Lipinski definition) is 6. The summed E-state index contributed by atoms with van der Waals surface area (Å²) < 4.78 is 9.47. The Balaban J connectivity index is 3.76. The number of carboxylic acids is 2. The first-order chi connectivity index (χ1) is 8.81. The zero-order chi connectivity index (χ0) is 14.8. The molecule has 0 heterocycles. The van der Waals surface area contributed by atoms with Crippen molar-refractivity contribution >= 4 is 23.9 Å². The van der Waals surface area contributed by atoms with E-state index < -0.39 is 30.0 Å². The minimum atomic E-state index is -1.11. The van der Waals surface area contributed by atoms with E-state index in [0.29, 0.717) is 0 Å². The molecule has 0 aliphatic carbocycles. The highest BCUT2D eigenvalue weighted by Crippen LogP contribution is 2.00. The topological polar surface area (TPSA) is 127 Å². The van der Waals surface area contributed by atoms with Gasteiger partial charge in [-0.05, 0) is 6.92 Å². The van der Waals surface area contributed by atoms with E-state index in [0.717, 1.165) is 0 Å². The molecule has 0 aromatic heterocycles. The fourth-order valence-corrected chi connectivity index (χ4v) is 1.02. The van der Waals surface area contributed by atoms with Gasteiger partial charge in [0.05, 0.1) is 25.7 Å². The van der Waals surface area contributed by atoms with Crippen molar-refractivity contribution in [2.75, 3.05) is 6.61 Å². The van der Waals surface area contributed by atoms with E-state index in [1.54, 1.807) is 0 Å². The quantitative estimate of drug-likeness (QED) is 0.571. The third-order valence-corrected chi connectivity index (χ3v) is 1.90. The molecule has 0 saturated heterocycles. The summed E-state index contributed by atoms with van der Waals surface area (Å²) in [5, 5.41) is 16.7. The van der Waals surface area contributed by atoms with Gasteiger partial charge in [-0.15, -0.1) is 0 Å². The summed E-state index contributed by atoms with van der Waals surface area (Å²) in [6, 6.07) is 0. The van der Waals surface area contributed by atoms with Crippen LogP contribution in [0.1, 0.15) is 32.6 Å². The standard InChI is InChI=1S/C11H16O8/c1-7(19-11(17)5-3-9(14)15)6-18-10(16)4-2-8(12)13/h7H,2-6H2,1H3,(H,12,13)(H,14,15). The number of rotatable bonds is 9. The largest absolute Gasteiger partial charge is 0.481 e. The zero-order valence-corrected chi connectivity index (χ0v) is 10.5. The van der Waals surface area contributed by atoms with Crippen LogP contribution in [0.25, 0.3) is 0 Å². The lowest BCUT2D eigenvalue weighted by Gasteiger charge is -2.13. The van der Waals surface area contributed by atoms with Crippen LogP contribution in [0.15, 0.2) is 0 Å². The maximum atomic E-state index is 11.1. The summed E-state index contributed by atoms with van der Waals surface area (Å²) >= 11 is 0. The van der Waals surface area contributed by atoms with E-state index in [2.05, 4.69) is 4.74 Å². The van der Waals surface area contributed by atoms with E-state index >= 15 is 0 Å². The van der Waals surface area contributed by atoms with Crippen LogP contribution in [0.2, 0.25) is 0 Å². The van der Waals surface area contributed by atoms with Crippen LogP contribution < -0.4 is 0 Å². The summed E-state index contributed by atoms with van der Waals surface area (Å²) in [6.07, 6.45) is -1.88. The van der Waals surface area contributed by atoms with Crippen molar-refractivity contribution in [2.24, 2.45) is 0 Å². The van der Waals surface area contributed by atoms with Crippen LogP contribution in [0.5, 0.6) is 0 Å². The molecule has 0 fully saturated rings. The van der Waals surface area contributed by atoms with Crippen molar-refractivity contribution in [1.82, 2.24) is 0 Å². The first-order valence-electron chi connectivity index (χ1n) is 5.60. The van der Waals surface area contributed by atoms with Gasteiger partial charge in [0, 0.05) is 0 Å². The van der Waals surface area contributed by atoms with Crippen molar-refractivity contribution in [3.63, 3.8) is 0 Å². The molecule has 8 heteroatoms. The molecule has 0 rings (SSSR count). The first-order valence-corrected chi connectivity index (χ1v) is 5.60. The number of carbonyl (C=O) groups excluding carboxylic acids is 2. The van der Waals surface area contributed by atoms with E-state index in [4.69, 9.17) is 14.9 Å². The predicted molar refractivity (Wildman–Crippen MR) is 60.3 cm³/mol. The average Bonchev–Trinajstić information content (AvgIpc) is 2.31. The van der Waals surface area contributed by atoms with Crippen LogP contribution in [0, 0.1) is 0 Å². The molecular formula is C11H16O8. The minimum Gasteiger partial charge on any atom is -0.481 e. The Morgan fingerprint density at radius 2 is 1.37 bits per heavy atom. The Hall–Kier alpha value is -2.12. The van der Waals surface area contributed by atoms with Crippen molar-refractivity contribution in [3.05, 3.63) is 0 Å². The highest BCUT2D eigenvalue weighted by atomic mass is 16.6. The van der Waals surface area contributed by atoms with E-state index in [1.807, 2.05) is 0 Å². The fourth-order valence-electron chi connectivity index (χ4n) is 1.02. The van der Waals surface area contributed by atoms with Gasteiger partial charge in [-0.3, -0.25) is 19.2 Å². The molecule has 0 radical (unpaired) electrons. The third-order valence-electron chi connectivity index (χ3n) is 1.90. The summed E-state index contributed by atoms with van der Waals surface area (Å²) in [5.74, 6) is -3.61. The molecule has 0 bridgehead atoms. The van der Waals surface area contributed by atoms with Gasteiger partial charge in [0.25, 0.3) is 0 Å². The number of carbonyl (C=O) groups is 4. The highest BCUT2D eigenvalue weighted by molar-refractivity contribution is 5.77. The second-order valence-electron chi connectivity index (χ2n) is 3.77. The molecule has 0 amide bonds. The summed E-state index contributed by atoms with van der Waals surface area (Å²) in [7, 11) is 0. The molecular weight excluding hydrogens is 260 g/mol. The zero-order valence-electron chi connectivity index (χ0n) is 10.5. The van der Waals surface area contributed by atoms with Crippen LogP contribution in [0.4, 0.5) is 0 Å². The predicted octanol–water partition coefficient (Wildman–Crippen LogP) is 0.191. The molecule has 1 atom stereocenters. The number of esters is 2. The summed E-state index contributed by atoms with van der Waals surface area (Å²) in [5.41, 5.74) is 0. The van der Waals surface area contributed by atoms with Crippen molar-refractivity contribution < 1.29 is 38.9 Å². The maximum absolute atomic E-state index is 11.1. The molecule has 1 unspecified atom stereocenters. The van der Waals surface area contributed by atoms with Crippen LogP contribution >= 0.6 is 0 Å². The Morgan fingerprint density at radius 1 is 0.895 bits per heavy atom. The lowest BCUT2D eigenvalue weighted by atomic mass is 10.3. The van der Waals surface area contributed by atoms with Crippen molar-refractivity contribution in [2.45, 2.75) is 38.7 Å². The Kier molecular flexibility index (Phi) is 7.90.